The van der Waals surface area contributed by atoms with Gasteiger partial charge >= 0.3 is 0 Å². The number of hydrogen-bond acceptors (Lipinski definition) is 4. The number of nitrogens with one attached hydrogen (secondary N) is 1. The van der Waals surface area contributed by atoms with Crippen LogP contribution in [0.15, 0.2) is 52.3 Å². The van der Waals surface area contributed by atoms with Crippen molar-refractivity contribution in [2.75, 3.05) is 0 Å². The maximum absolute atomic E-state index is 13.0. The number of ketones is 1. The third-order valence-corrected chi connectivity index (χ3v) is 8.84. The lowest BCUT2D eigenvalue weighted by Gasteiger charge is -2.28. The minimum atomic E-state index is -3.84. The van der Waals surface area contributed by atoms with E-state index in [0.717, 1.165) is 12.3 Å². The van der Waals surface area contributed by atoms with Crippen LogP contribution in [-0.4, -0.2) is 26.2 Å². The summed E-state index contributed by atoms with van der Waals surface area (Å²) in [7, 11) is -3.84. The SMILES string of the molecule is C[C@H](NC(=O)c1ccc2c(c1)S(=O)(=O)c1ccccc1C2=O)[C@H]1C[C@H]2CC[C@H]1C2. The maximum Gasteiger partial charge on any atom is 0.251 e. The Balaban J connectivity index is 1.44. The molecule has 2 fully saturated rings. The summed E-state index contributed by atoms with van der Waals surface area (Å²) in [6, 6.07) is 10.6. The van der Waals surface area contributed by atoms with Crippen LogP contribution in [0.2, 0.25) is 0 Å². The van der Waals surface area contributed by atoms with Crippen LogP contribution in [0.25, 0.3) is 0 Å². The van der Waals surface area contributed by atoms with Crippen LogP contribution in [0.3, 0.4) is 0 Å². The molecule has 0 saturated heterocycles. The highest BCUT2D eigenvalue weighted by Crippen LogP contribution is 2.49. The lowest BCUT2D eigenvalue weighted by molar-refractivity contribution is 0.0913. The van der Waals surface area contributed by atoms with Crippen molar-refractivity contribution >= 4 is 21.5 Å². The Morgan fingerprint density at radius 2 is 1.79 bits per heavy atom. The van der Waals surface area contributed by atoms with Crippen molar-refractivity contribution in [3.8, 4) is 0 Å². The van der Waals surface area contributed by atoms with E-state index in [1.54, 1.807) is 18.2 Å². The van der Waals surface area contributed by atoms with Gasteiger partial charge < -0.3 is 5.32 Å². The Bertz CT molecular complexity index is 1140. The number of fused-ring (bicyclic) bond motifs is 4. The molecule has 2 aromatic carbocycles. The van der Waals surface area contributed by atoms with Crippen molar-refractivity contribution in [1.29, 1.82) is 0 Å². The van der Waals surface area contributed by atoms with Gasteiger partial charge in [0.15, 0.2) is 5.78 Å². The second kappa shape index (κ2) is 6.52. The van der Waals surface area contributed by atoms with Crippen LogP contribution in [-0.2, 0) is 9.84 Å². The van der Waals surface area contributed by atoms with E-state index in [1.807, 2.05) is 6.92 Å². The summed E-state index contributed by atoms with van der Waals surface area (Å²) < 4.78 is 26.1. The molecular weight excluding hydrogens is 386 g/mol. The fourth-order valence-corrected chi connectivity index (χ4v) is 7.21. The summed E-state index contributed by atoms with van der Waals surface area (Å²) in [6.45, 7) is 2.04. The summed E-state index contributed by atoms with van der Waals surface area (Å²) in [4.78, 5) is 25.5. The highest BCUT2D eigenvalue weighted by Gasteiger charge is 2.42. The monoisotopic (exact) mass is 409 g/mol. The lowest BCUT2D eigenvalue weighted by Crippen LogP contribution is -2.40. The molecule has 2 bridgehead atoms. The molecule has 1 heterocycles. The molecule has 6 heteroatoms. The highest BCUT2D eigenvalue weighted by molar-refractivity contribution is 7.91. The van der Waals surface area contributed by atoms with Crippen molar-refractivity contribution < 1.29 is 18.0 Å². The zero-order valence-corrected chi connectivity index (χ0v) is 17.0. The number of rotatable bonds is 3. The fourth-order valence-electron chi connectivity index (χ4n) is 5.53. The Morgan fingerprint density at radius 3 is 2.52 bits per heavy atom. The van der Waals surface area contributed by atoms with Crippen LogP contribution in [0.4, 0.5) is 0 Å². The standard InChI is InChI=1S/C23H23NO4S/c1-13(19-11-14-6-7-15(19)10-14)24-23(26)16-8-9-18-21(12-16)29(27,28)20-5-3-2-4-17(20)22(18)25/h2-5,8-9,12-15,19H,6-7,10-11H2,1H3,(H,24,26)/t13-,14-,15-,19+/m0/s1. The van der Waals surface area contributed by atoms with E-state index in [1.165, 1.54) is 43.5 Å². The van der Waals surface area contributed by atoms with Crippen LogP contribution in [0.5, 0.6) is 0 Å². The number of carbonyl (C=O) groups excluding carboxylic acids is 2. The van der Waals surface area contributed by atoms with Gasteiger partial charge in [0.1, 0.15) is 0 Å². The zero-order chi connectivity index (χ0) is 20.3. The van der Waals surface area contributed by atoms with Gasteiger partial charge in [-0.2, -0.15) is 0 Å². The number of benzene rings is 2. The molecular formula is C23H23NO4S. The number of carbonyl (C=O) groups is 2. The molecule has 29 heavy (non-hydrogen) atoms. The molecule has 3 aliphatic rings. The Hall–Kier alpha value is -2.47. The molecule has 0 spiro atoms. The van der Waals surface area contributed by atoms with Crippen molar-refractivity contribution in [3.63, 3.8) is 0 Å². The summed E-state index contributed by atoms with van der Waals surface area (Å²) in [5.74, 6) is 1.36. The maximum atomic E-state index is 13.0. The van der Waals surface area contributed by atoms with Crippen molar-refractivity contribution in [2.24, 2.45) is 17.8 Å². The minimum absolute atomic E-state index is 0.00501. The van der Waals surface area contributed by atoms with E-state index in [4.69, 9.17) is 0 Å². The first-order chi connectivity index (χ1) is 13.9. The van der Waals surface area contributed by atoms with Crippen molar-refractivity contribution in [1.82, 2.24) is 5.32 Å². The van der Waals surface area contributed by atoms with Crippen LogP contribution >= 0.6 is 0 Å². The number of hydrogen-bond donors (Lipinski definition) is 1. The third kappa shape index (κ3) is 2.84. The average Bonchev–Trinajstić information content (AvgIpc) is 3.36. The highest BCUT2D eigenvalue weighted by atomic mass is 32.2. The molecule has 1 N–H and O–H groups in total. The zero-order valence-electron chi connectivity index (χ0n) is 16.2. The molecule has 0 radical (unpaired) electrons. The molecule has 2 aliphatic carbocycles. The summed E-state index contributed by atoms with van der Waals surface area (Å²) in [5, 5.41) is 3.07. The normalized spacial score (nSPS) is 27.2. The molecule has 0 aromatic heterocycles. The Morgan fingerprint density at radius 1 is 1.03 bits per heavy atom. The summed E-state index contributed by atoms with van der Waals surface area (Å²) in [5.41, 5.74) is 0.582. The van der Waals surface area contributed by atoms with E-state index < -0.39 is 9.84 Å². The van der Waals surface area contributed by atoms with E-state index in [9.17, 15) is 18.0 Å². The lowest BCUT2D eigenvalue weighted by atomic mass is 9.84. The van der Waals surface area contributed by atoms with Gasteiger partial charge in [-0.25, -0.2) is 8.42 Å². The van der Waals surface area contributed by atoms with Gasteiger partial charge in [-0.3, -0.25) is 9.59 Å². The molecule has 5 rings (SSSR count). The molecule has 2 aromatic rings. The van der Waals surface area contributed by atoms with E-state index in [-0.39, 0.29) is 44.2 Å². The van der Waals surface area contributed by atoms with Gasteiger partial charge in [0.05, 0.1) is 9.79 Å². The third-order valence-electron chi connectivity index (χ3n) is 6.99. The predicted octanol–water partition coefficient (Wildman–Crippen LogP) is 3.62. The van der Waals surface area contributed by atoms with E-state index >= 15 is 0 Å². The van der Waals surface area contributed by atoms with Gasteiger partial charge in [-0.05, 0) is 74.3 Å². The molecule has 4 atom stereocenters. The van der Waals surface area contributed by atoms with E-state index in [0.29, 0.717) is 11.8 Å². The second-order valence-electron chi connectivity index (χ2n) is 8.64. The number of sulfone groups is 1. The van der Waals surface area contributed by atoms with Crippen LogP contribution < -0.4 is 5.32 Å². The first-order valence-corrected chi connectivity index (χ1v) is 11.7. The first kappa shape index (κ1) is 18.6. The molecule has 0 unspecified atom stereocenters. The average molecular weight is 410 g/mol. The predicted molar refractivity (Wildman–Crippen MR) is 108 cm³/mol. The Kier molecular flexibility index (Phi) is 4.17. The van der Waals surface area contributed by atoms with Gasteiger partial charge in [-0.1, -0.05) is 18.6 Å². The van der Waals surface area contributed by atoms with E-state index in [2.05, 4.69) is 5.32 Å². The van der Waals surface area contributed by atoms with Crippen molar-refractivity contribution in [2.45, 2.75) is 48.4 Å². The minimum Gasteiger partial charge on any atom is -0.349 e. The largest absolute Gasteiger partial charge is 0.349 e. The molecule has 1 amide bonds. The van der Waals surface area contributed by atoms with Gasteiger partial charge in [0.2, 0.25) is 9.84 Å². The van der Waals surface area contributed by atoms with Crippen LogP contribution in [0, 0.1) is 17.8 Å². The second-order valence-corrected chi connectivity index (χ2v) is 10.5. The molecule has 150 valence electrons. The van der Waals surface area contributed by atoms with Gasteiger partial charge in [0, 0.05) is 22.7 Å². The van der Waals surface area contributed by atoms with Gasteiger partial charge in [0.25, 0.3) is 5.91 Å². The summed E-state index contributed by atoms with van der Waals surface area (Å²) in [6.07, 6.45) is 4.98. The van der Waals surface area contributed by atoms with Gasteiger partial charge in [-0.15, -0.1) is 0 Å². The fraction of sp³-hybridized carbons (Fsp3) is 0.391. The quantitative estimate of drug-likeness (QED) is 0.716. The summed E-state index contributed by atoms with van der Waals surface area (Å²) >= 11 is 0. The Labute approximate surface area is 170 Å². The van der Waals surface area contributed by atoms with Crippen LogP contribution in [0.1, 0.15) is 58.9 Å². The van der Waals surface area contributed by atoms with Crippen molar-refractivity contribution in [3.05, 3.63) is 59.2 Å². The number of amides is 1. The smallest absolute Gasteiger partial charge is 0.251 e. The molecule has 5 nitrogen and oxygen atoms in total. The molecule has 2 saturated carbocycles. The first-order valence-electron chi connectivity index (χ1n) is 10.2. The molecule has 1 aliphatic heterocycles. The topological polar surface area (TPSA) is 80.3 Å².